The SMILES string of the molecule is CCCCCCCCn1cc(-c2nnn3c2-c2ccccc2CC3)nn1. The molecule has 3 aromatic rings. The highest BCUT2D eigenvalue weighted by atomic mass is 15.5. The number of hydrogen-bond donors (Lipinski definition) is 0. The maximum absolute atomic E-state index is 4.41. The summed E-state index contributed by atoms with van der Waals surface area (Å²) in [5, 5.41) is 17.4. The topological polar surface area (TPSA) is 61.4 Å². The van der Waals surface area contributed by atoms with Gasteiger partial charge >= 0.3 is 0 Å². The lowest BCUT2D eigenvalue weighted by Gasteiger charge is -2.17. The number of rotatable bonds is 8. The lowest BCUT2D eigenvalue weighted by Crippen LogP contribution is -2.12. The molecule has 0 radical (unpaired) electrons. The van der Waals surface area contributed by atoms with Gasteiger partial charge in [-0.2, -0.15) is 0 Å². The van der Waals surface area contributed by atoms with Crippen LogP contribution < -0.4 is 0 Å². The van der Waals surface area contributed by atoms with Crippen molar-refractivity contribution in [1.29, 1.82) is 0 Å². The summed E-state index contributed by atoms with van der Waals surface area (Å²) in [6, 6.07) is 8.49. The second-order valence-corrected chi connectivity index (χ2v) is 7.05. The van der Waals surface area contributed by atoms with E-state index in [9.17, 15) is 0 Å². The quantitative estimate of drug-likeness (QED) is 0.573. The van der Waals surface area contributed by atoms with Gasteiger partial charge in [0, 0.05) is 18.7 Å². The molecule has 3 heterocycles. The molecule has 26 heavy (non-hydrogen) atoms. The molecular formula is C20H26N6. The largest absolute Gasteiger partial charge is 0.252 e. The number of benzene rings is 1. The first-order chi connectivity index (χ1) is 12.9. The summed E-state index contributed by atoms with van der Waals surface area (Å²) >= 11 is 0. The van der Waals surface area contributed by atoms with Gasteiger partial charge in [-0.15, -0.1) is 10.2 Å². The van der Waals surface area contributed by atoms with Crippen molar-refractivity contribution in [2.24, 2.45) is 0 Å². The Hall–Kier alpha value is -2.50. The van der Waals surface area contributed by atoms with Crippen LogP contribution >= 0.6 is 0 Å². The number of unbranched alkanes of at least 4 members (excludes halogenated alkanes) is 5. The van der Waals surface area contributed by atoms with E-state index in [4.69, 9.17) is 0 Å². The molecule has 0 spiro atoms. The van der Waals surface area contributed by atoms with Gasteiger partial charge in [0.25, 0.3) is 0 Å². The predicted molar refractivity (Wildman–Crippen MR) is 102 cm³/mol. The standard InChI is InChI=1S/C20H26N6/c1-2-3-4-5-6-9-13-25-15-18(21-23-25)19-20-17-11-8-7-10-16(17)12-14-26(20)24-22-19/h7-8,10-11,15H,2-6,9,12-14H2,1H3. The van der Waals surface area contributed by atoms with Crippen LogP contribution in [0.15, 0.2) is 30.5 Å². The van der Waals surface area contributed by atoms with Gasteiger partial charge in [-0.05, 0) is 18.4 Å². The van der Waals surface area contributed by atoms with E-state index in [1.165, 1.54) is 43.2 Å². The highest BCUT2D eigenvalue weighted by Gasteiger charge is 2.24. The molecule has 0 aliphatic carbocycles. The number of nitrogens with zero attached hydrogens (tertiary/aromatic N) is 6. The first-order valence-electron chi connectivity index (χ1n) is 9.79. The fourth-order valence-corrected chi connectivity index (χ4v) is 3.67. The van der Waals surface area contributed by atoms with Gasteiger partial charge in [0.1, 0.15) is 11.4 Å². The molecule has 0 atom stereocenters. The molecule has 0 amide bonds. The van der Waals surface area contributed by atoms with E-state index >= 15 is 0 Å². The van der Waals surface area contributed by atoms with Crippen molar-refractivity contribution >= 4 is 0 Å². The molecule has 0 saturated carbocycles. The van der Waals surface area contributed by atoms with Gasteiger partial charge in [-0.25, -0.2) is 4.68 Å². The van der Waals surface area contributed by atoms with Gasteiger partial charge in [-0.1, -0.05) is 73.7 Å². The molecule has 1 aliphatic heterocycles. The van der Waals surface area contributed by atoms with E-state index in [1.807, 2.05) is 15.6 Å². The Kier molecular flexibility index (Phi) is 5.09. The Labute approximate surface area is 154 Å². The van der Waals surface area contributed by atoms with Crippen LogP contribution in [0.2, 0.25) is 0 Å². The molecule has 136 valence electrons. The van der Waals surface area contributed by atoms with Crippen LogP contribution in [0.1, 0.15) is 51.0 Å². The lowest BCUT2D eigenvalue weighted by molar-refractivity contribution is 0.516. The average Bonchev–Trinajstić information content (AvgIpc) is 3.31. The number of hydrogen-bond acceptors (Lipinski definition) is 4. The molecule has 0 unspecified atom stereocenters. The minimum atomic E-state index is 0.814. The highest BCUT2D eigenvalue weighted by Crippen LogP contribution is 2.34. The Morgan fingerprint density at radius 1 is 0.962 bits per heavy atom. The van der Waals surface area contributed by atoms with E-state index in [0.717, 1.165) is 43.0 Å². The fraction of sp³-hybridized carbons (Fsp3) is 0.500. The zero-order valence-electron chi connectivity index (χ0n) is 15.4. The first-order valence-corrected chi connectivity index (χ1v) is 9.79. The number of fused-ring (bicyclic) bond motifs is 3. The zero-order chi connectivity index (χ0) is 17.8. The highest BCUT2D eigenvalue weighted by molar-refractivity contribution is 5.78. The number of aromatic nitrogens is 6. The minimum absolute atomic E-state index is 0.814. The molecule has 6 heteroatoms. The van der Waals surface area contributed by atoms with Crippen molar-refractivity contribution in [3.63, 3.8) is 0 Å². The van der Waals surface area contributed by atoms with Crippen LogP contribution in [0.4, 0.5) is 0 Å². The monoisotopic (exact) mass is 350 g/mol. The normalized spacial score (nSPS) is 12.8. The van der Waals surface area contributed by atoms with Gasteiger partial charge in [0.05, 0.1) is 11.9 Å². The second kappa shape index (κ2) is 7.81. The van der Waals surface area contributed by atoms with Crippen molar-refractivity contribution in [3.05, 3.63) is 36.0 Å². The summed E-state index contributed by atoms with van der Waals surface area (Å²) in [7, 11) is 0. The fourth-order valence-electron chi connectivity index (χ4n) is 3.67. The lowest BCUT2D eigenvalue weighted by atomic mass is 9.97. The molecule has 0 fully saturated rings. The maximum Gasteiger partial charge on any atom is 0.142 e. The van der Waals surface area contributed by atoms with Crippen LogP contribution in [0, 0.1) is 0 Å². The van der Waals surface area contributed by atoms with Crippen LogP contribution in [0.3, 0.4) is 0 Å². The van der Waals surface area contributed by atoms with Gasteiger partial charge < -0.3 is 0 Å². The van der Waals surface area contributed by atoms with Crippen molar-refractivity contribution in [1.82, 2.24) is 30.0 Å². The molecule has 2 aromatic heterocycles. The van der Waals surface area contributed by atoms with E-state index in [-0.39, 0.29) is 0 Å². The summed E-state index contributed by atoms with van der Waals surface area (Å²) in [6.45, 7) is 4.03. The Balaban J connectivity index is 1.47. The molecule has 1 aliphatic rings. The molecular weight excluding hydrogens is 324 g/mol. The average molecular weight is 350 g/mol. The number of aryl methyl sites for hydroxylation is 3. The Morgan fingerprint density at radius 3 is 2.73 bits per heavy atom. The summed E-state index contributed by atoms with van der Waals surface area (Å²) in [6.07, 6.45) is 10.7. The van der Waals surface area contributed by atoms with Crippen LogP contribution in [-0.4, -0.2) is 30.0 Å². The molecule has 6 nitrogen and oxygen atoms in total. The van der Waals surface area contributed by atoms with E-state index in [2.05, 4.69) is 51.8 Å². The van der Waals surface area contributed by atoms with Crippen LogP contribution in [-0.2, 0) is 19.5 Å². The van der Waals surface area contributed by atoms with Crippen molar-refractivity contribution in [2.75, 3.05) is 0 Å². The van der Waals surface area contributed by atoms with Crippen molar-refractivity contribution in [3.8, 4) is 22.6 Å². The predicted octanol–water partition coefficient (Wildman–Crippen LogP) is 4.12. The molecule has 0 N–H and O–H groups in total. The smallest absolute Gasteiger partial charge is 0.142 e. The summed E-state index contributed by atoms with van der Waals surface area (Å²) in [5.41, 5.74) is 5.28. The van der Waals surface area contributed by atoms with E-state index in [0.29, 0.717) is 0 Å². The Bertz CT molecular complexity index is 863. The molecule has 1 aromatic carbocycles. The zero-order valence-corrected chi connectivity index (χ0v) is 15.4. The second-order valence-electron chi connectivity index (χ2n) is 7.05. The Morgan fingerprint density at radius 2 is 1.81 bits per heavy atom. The maximum atomic E-state index is 4.41. The third-order valence-corrected chi connectivity index (χ3v) is 5.12. The van der Waals surface area contributed by atoms with Gasteiger partial charge in [0.2, 0.25) is 0 Å². The van der Waals surface area contributed by atoms with Crippen LogP contribution in [0.25, 0.3) is 22.6 Å². The van der Waals surface area contributed by atoms with Crippen molar-refractivity contribution < 1.29 is 0 Å². The van der Waals surface area contributed by atoms with Gasteiger partial charge in [0.15, 0.2) is 0 Å². The molecule has 0 saturated heterocycles. The van der Waals surface area contributed by atoms with Crippen molar-refractivity contribution in [2.45, 2.75) is 65.0 Å². The summed E-state index contributed by atoms with van der Waals surface area (Å²) in [4.78, 5) is 0. The van der Waals surface area contributed by atoms with E-state index in [1.54, 1.807) is 0 Å². The third kappa shape index (κ3) is 3.41. The van der Waals surface area contributed by atoms with Gasteiger partial charge in [-0.3, -0.25) is 4.68 Å². The summed E-state index contributed by atoms with van der Waals surface area (Å²) in [5.74, 6) is 0. The first kappa shape index (κ1) is 16.9. The molecule has 4 rings (SSSR count). The third-order valence-electron chi connectivity index (χ3n) is 5.12. The van der Waals surface area contributed by atoms with Crippen LogP contribution in [0.5, 0.6) is 0 Å². The molecule has 0 bridgehead atoms. The summed E-state index contributed by atoms with van der Waals surface area (Å²) < 4.78 is 3.93. The van der Waals surface area contributed by atoms with E-state index < -0.39 is 0 Å². The minimum Gasteiger partial charge on any atom is -0.252 e.